The summed E-state index contributed by atoms with van der Waals surface area (Å²) in [6.45, 7) is 11.2. The molecule has 2 unspecified atom stereocenters. The van der Waals surface area contributed by atoms with E-state index in [1.807, 2.05) is 0 Å². The van der Waals surface area contributed by atoms with Gasteiger partial charge in [-0.25, -0.2) is 0 Å². The first-order valence-electron chi connectivity index (χ1n) is 9.84. The molecule has 1 aromatic rings. The Kier molecular flexibility index (Phi) is 4.31. The van der Waals surface area contributed by atoms with Gasteiger partial charge in [0.15, 0.2) is 0 Å². The number of aromatic nitrogens is 3. The number of hydrogen-bond donors (Lipinski definition) is 0. The first-order valence-corrected chi connectivity index (χ1v) is 9.84. The van der Waals surface area contributed by atoms with E-state index in [9.17, 15) is 0 Å². The van der Waals surface area contributed by atoms with E-state index in [0.717, 1.165) is 38.1 Å². The van der Waals surface area contributed by atoms with E-state index in [0.29, 0.717) is 17.4 Å². The number of rotatable bonds is 4. The topological polar surface area (TPSA) is 43.2 Å². The Labute approximate surface area is 145 Å². The summed E-state index contributed by atoms with van der Waals surface area (Å²) in [6, 6.07) is 0. The van der Waals surface area contributed by atoms with E-state index in [2.05, 4.69) is 40.4 Å². The molecule has 0 radical (unpaired) electrons. The standard InChI is InChI=1S/C19H32N4O/c1-14-9-10-22(13-19(14,2)3)18-21-20-17(15-7-8-15)23(18)12-16-6-4-5-11-24-16/h14-16H,4-13H2,1-3H3. The molecule has 1 saturated carbocycles. The molecule has 2 aliphatic heterocycles. The second-order valence-electron chi connectivity index (χ2n) is 8.83. The first kappa shape index (κ1) is 16.4. The lowest BCUT2D eigenvalue weighted by molar-refractivity contribution is 0.00561. The average Bonchev–Trinajstić information content (AvgIpc) is 3.32. The summed E-state index contributed by atoms with van der Waals surface area (Å²) >= 11 is 0. The highest BCUT2D eigenvalue weighted by atomic mass is 16.5. The molecule has 0 N–H and O–H groups in total. The Balaban J connectivity index is 1.58. The van der Waals surface area contributed by atoms with Crippen LogP contribution in [0.3, 0.4) is 0 Å². The average molecular weight is 332 g/mol. The molecule has 0 amide bonds. The fourth-order valence-electron chi connectivity index (χ4n) is 4.15. The van der Waals surface area contributed by atoms with Crippen molar-refractivity contribution in [3.8, 4) is 0 Å². The highest BCUT2D eigenvalue weighted by Crippen LogP contribution is 2.41. The molecule has 24 heavy (non-hydrogen) atoms. The monoisotopic (exact) mass is 332 g/mol. The van der Waals surface area contributed by atoms with Crippen LogP contribution in [0.4, 0.5) is 5.95 Å². The first-order chi connectivity index (χ1) is 11.5. The van der Waals surface area contributed by atoms with Crippen molar-refractivity contribution < 1.29 is 4.74 Å². The Morgan fingerprint density at radius 3 is 2.62 bits per heavy atom. The lowest BCUT2D eigenvalue weighted by Gasteiger charge is -2.43. The molecule has 4 rings (SSSR count). The highest BCUT2D eigenvalue weighted by molar-refractivity contribution is 5.34. The smallest absolute Gasteiger partial charge is 0.227 e. The van der Waals surface area contributed by atoms with Crippen molar-refractivity contribution in [2.24, 2.45) is 11.3 Å². The van der Waals surface area contributed by atoms with Gasteiger partial charge in [0.1, 0.15) is 5.82 Å². The molecule has 3 aliphatic rings. The Morgan fingerprint density at radius 2 is 1.96 bits per heavy atom. The fraction of sp³-hybridized carbons (Fsp3) is 0.895. The van der Waals surface area contributed by atoms with Gasteiger partial charge in [-0.3, -0.25) is 4.57 Å². The van der Waals surface area contributed by atoms with E-state index in [1.165, 1.54) is 44.3 Å². The van der Waals surface area contributed by atoms with Gasteiger partial charge in [0.05, 0.1) is 12.6 Å². The third-order valence-electron chi connectivity index (χ3n) is 6.41. The van der Waals surface area contributed by atoms with Crippen molar-refractivity contribution in [1.82, 2.24) is 14.8 Å². The molecule has 3 fully saturated rings. The minimum atomic E-state index is 0.329. The van der Waals surface area contributed by atoms with Crippen molar-refractivity contribution in [3.05, 3.63) is 5.82 Å². The number of piperidine rings is 1. The molecule has 5 nitrogen and oxygen atoms in total. The maximum atomic E-state index is 6.01. The normalized spacial score (nSPS) is 30.5. The summed E-state index contributed by atoms with van der Waals surface area (Å²) < 4.78 is 8.41. The van der Waals surface area contributed by atoms with E-state index >= 15 is 0 Å². The van der Waals surface area contributed by atoms with Crippen LogP contribution in [0.5, 0.6) is 0 Å². The van der Waals surface area contributed by atoms with Gasteiger partial charge in [-0.2, -0.15) is 0 Å². The third-order valence-corrected chi connectivity index (χ3v) is 6.41. The van der Waals surface area contributed by atoms with Crippen LogP contribution < -0.4 is 4.90 Å². The van der Waals surface area contributed by atoms with Gasteiger partial charge in [-0.15, -0.1) is 10.2 Å². The zero-order valence-electron chi connectivity index (χ0n) is 15.5. The van der Waals surface area contributed by atoms with Gasteiger partial charge in [-0.1, -0.05) is 20.8 Å². The van der Waals surface area contributed by atoms with Gasteiger partial charge < -0.3 is 9.64 Å². The largest absolute Gasteiger partial charge is 0.376 e. The van der Waals surface area contributed by atoms with Crippen LogP contribution in [0.25, 0.3) is 0 Å². The number of anilines is 1. The lowest BCUT2D eigenvalue weighted by Crippen LogP contribution is -2.46. The highest BCUT2D eigenvalue weighted by Gasteiger charge is 2.37. The van der Waals surface area contributed by atoms with Gasteiger partial charge >= 0.3 is 0 Å². The van der Waals surface area contributed by atoms with Gasteiger partial charge in [0, 0.05) is 25.6 Å². The van der Waals surface area contributed by atoms with Crippen LogP contribution in [-0.4, -0.2) is 40.6 Å². The van der Waals surface area contributed by atoms with Crippen molar-refractivity contribution >= 4 is 5.95 Å². The van der Waals surface area contributed by atoms with E-state index < -0.39 is 0 Å². The summed E-state index contributed by atoms with van der Waals surface area (Å²) in [7, 11) is 0. The second-order valence-corrected chi connectivity index (χ2v) is 8.83. The predicted molar refractivity (Wildman–Crippen MR) is 95.4 cm³/mol. The van der Waals surface area contributed by atoms with Crippen LogP contribution in [0, 0.1) is 11.3 Å². The summed E-state index contributed by atoms with van der Waals surface area (Å²) in [5.74, 6) is 3.68. The molecule has 0 spiro atoms. The Hall–Kier alpha value is -1.10. The fourth-order valence-corrected chi connectivity index (χ4v) is 4.15. The minimum absolute atomic E-state index is 0.329. The summed E-state index contributed by atoms with van der Waals surface area (Å²) in [4.78, 5) is 2.47. The molecule has 1 aromatic heterocycles. The molecule has 0 aromatic carbocycles. The van der Waals surface area contributed by atoms with Crippen LogP contribution in [0.2, 0.25) is 0 Å². The molecular weight excluding hydrogens is 300 g/mol. The predicted octanol–water partition coefficient (Wildman–Crippen LogP) is 3.60. The Bertz CT molecular complexity index is 572. The molecule has 5 heteroatoms. The van der Waals surface area contributed by atoms with Crippen molar-refractivity contribution in [2.75, 3.05) is 24.6 Å². The maximum Gasteiger partial charge on any atom is 0.227 e. The third kappa shape index (κ3) is 3.19. The minimum Gasteiger partial charge on any atom is -0.376 e. The molecule has 2 atom stereocenters. The van der Waals surface area contributed by atoms with E-state index in [-0.39, 0.29) is 0 Å². The van der Waals surface area contributed by atoms with E-state index in [4.69, 9.17) is 4.74 Å². The Morgan fingerprint density at radius 1 is 1.12 bits per heavy atom. The van der Waals surface area contributed by atoms with Crippen LogP contribution in [0.15, 0.2) is 0 Å². The molecule has 134 valence electrons. The quantitative estimate of drug-likeness (QED) is 0.845. The van der Waals surface area contributed by atoms with Crippen molar-refractivity contribution in [2.45, 2.75) is 77.9 Å². The molecule has 3 heterocycles. The molecule has 1 aliphatic carbocycles. The SMILES string of the molecule is CC1CCN(c2nnc(C3CC3)n2CC2CCCCO2)CC1(C)C. The number of nitrogens with zero attached hydrogens (tertiary/aromatic N) is 4. The lowest BCUT2D eigenvalue weighted by atomic mass is 9.75. The number of hydrogen-bond acceptors (Lipinski definition) is 4. The van der Waals surface area contributed by atoms with Crippen molar-refractivity contribution in [1.29, 1.82) is 0 Å². The number of ether oxygens (including phenoxy) is 1. The van der Waals surface area contributed by atoms with Crippen LogP contribution in [-0.2, 0) is 11.3 Å². The second kappa shape index (κ2) is 6.32. The zero-order chi connectivity index (χ0) is 16.7. The van der Waals surface area contributed by atoms with Crippen LogP contribution >= 0.6 is 0 Å². The summed E-state index contributed by atoms with van der Waals surface area (Å²) in [5, 5.41) is 9.24. The van der Waals surface area contributed by atoms with Gasteiger partial charge in [0.25, 0.3) is 0 Å². The van der Waals surface area contributed by atoms with E-state index in [1.54, 1.807) is 0 Å². The van der Waals surface area contributed by atoms with Crippen molar-refractivity contribution in [3.63, 3.8) is 0 Å². The summed E-state index contributed by atoms with van der Waals surface area (Å²) in [5.41, 5.74) is 0.329. The molecule has 2 saturated heterocycles. The van der Waals surface area contributed by atoms with Gasteiger partial charge in [-0.05, 0) is 49.9 Å². The summed E-state index contributed by atoms with van der Waals surface area (Å²) in [6.07, 6.45) is 7.78. The van der Waals surface area contributed by atoms with Crippen LogP contribution in [0.1, 0.15) is 71.0 Å². The zero-order valence-corrected chi connectivity index (χ0v) is 15.5. The van der Waals surface area contributed by atoms with Gasteiger partial charge in [0.2, 0.25) is 5.95 Å². The maximum absolute atomic E-state index is 6.01. The molecular formula is C19H32N4O. The molecule has 0 bridgehead atoms.